The van der Waals surface area contributed by atoms with Gasteiger partial charge in [-0.15, -0.1) is 11.3 Å². The van der Waals surface area contributed by atoms with E-state index in [0.29, 0.717) is 16.9 Å². The van der Waals surface area contributed by atoms with E-state index in [1.807, 2.05) is 35.7 Å². The van der Waals surface area contributed by atoms with Crippen molar-refractivity contribution in [2.24, 2.45) is 0 Å². The van der Waals surface area contributed by atoms with Crippen LogP contribution in [-0.4, -0.2) is 29.8 Å². The van der Waals surface area contributed by atoms with Gasteiger partial charge >= 0.3 is 0 Å². The number of carbonyl (C=O) groups excluding carboxylic acids is 2. The Balaban J connectivity index is 1.76. The number of likely N-dealkylation sites (N-methyl/N-ethyl adjacent to an activating group) is 1. The third kappa shape index (κ3) is 5.27. The normalized spacial score (nSPS) is 11.6. The summed E-state index contributed by atoms with van der Waals surface area (Å²) in [6.07, 6.45) is 0.379. The average molecular weight is 396 g/mol. The van der Waals surface area contributed by atoms with Crippen molar-refractivity contribution >= 4 is 23.2 Å². The van der Waals surface area contributed by atoms with Gasteiger partial charge in [0.05, 0.1) is 4.88 Å². The van der Waals surface area contributed by atoms with Gasteiger partial charge in [0, 0.05) is 20.0 Å². The lowest BCUT2D eigenvalue weighted by molar-refractivity contribution is -0.132. The number of thiophene rings is 1. The van der Waals surface area contributed by atoms with Crippen LogP contribution < -0.4 is 5.32 Å². The first-order valence-electron chi connectivity index (χ1n) is 8.90. The van der Waals surface area contributed by atoms with Gasteiger partial charge in [0.25, 0.3) is 5.91 Å². The molecule has 0 fully saturated rings. The zero-order valence-corrected chi connectivity index (χ0v) is 16.3. The van der Waals surface area contributed by atoms with Gasteiger partial charge in [-0.2, -0.15) is 0 Å². The van der Waals surface area contributed by atoms with Crippen LogP contribution in [-0.2, 0) is 17.8 Å². The molecule has 2 amide bonds. The number of rotatable bonds is 7. The van der Waals surface area contributed by atoms with Gasteiger partial charge < -0.3 is 10.2 Å². The maximum Gasteiger partial charge on any atom is 0.262 e. The first kappa shape index (κ1) is 19.8. The van der Waals surface area contributed by atoms with Gasteiger partial charge in [0.15, 0.2) is 0 Å². The lowest BCUT2D eigenvalue weighted by Crippen LogP contribution is -2.48. The standard InChI is InChI=1S/C22H21FN2O2S/c1-25(15-17-9-5-10-18(23)13-17)22(27)19(14-16-7-3-2-4-8-16)24-21(26)20-11-6-12-28-20/h2-13,19H,14-15H2,1H3,(H,24,26)/t19-/m0/s1. The molecule has 0 saturated carbocycles. The second kappa shape index (κ2) is 9.28. The minimum Gasteiger partial charge on any atom is -0.340 e. The quantitative estimate of drug-likeness (QED) is 0.659. The Labute approximate surface area is 167 Å². The molecule has 1 N–H and O–H groups in total. The van der Waals surface area contributed by atoms with Crippen molar-refractivity contribution in [2.45, 2.75) is 19.0 Å². The first-order chi connectivity index (χ1) is 13.5. The number of benzene rings is 2. The maximum atomic E-state index is 13.4. The summed E-state index contributed by atoms with van der Waals surface area (Å²) in [5, 5.41) is 4.67. The highest BCUT2D eigenvalue weighted by molar-refractivity contribution is 7.12. The molecule has 0 aliphatic heterocycles. The van der Waals surface area contributed by atoms with Gasteiger partial charge in [0.2, 0.25) is 5.91 Å². The Hall–Kier alpha value is -2.99. The summed E-state index contributed by atoms with van der Waals surface area (Å²) < 4.78 is 13.4. The molecule has 3 aromatic rings. The van der Waals surface area contributed by atoms with Crippen LogP contribution in [0, 0.1) is 5.82 Å². The summed E-state index contributed by atoms with van der Waals surface area (Å²) in [5.74, 6) is -0.841. The maximum absolute atomic E-state index is 13.4. The molecule has 0 saturated heterocycles. The van der Waals surface area contributed by atoms with E-state index in [4.69, 9.17) is 0 Å². The van der Waals surface area contributed by atoms with Crippen molar-refractivity contribution in [3.05, 3.63) is 93.9 Å². The van der Waals surface area contributed by atoms with Gasteiger partial charge in [-0.3, -0.25) is 9.59 Å². The third-order valence-corrected chi connectivity index (χ3v) is 5.18. The molecular formula is C22H21FN2O2S. The van der Waals surface area contributed by atoms with E-state index in [9.17, 15) is 14.0 Å². The molecular weight excluding hydrogens is 375 g/mol. The van der Waals surface area contributed by atoms with Crippen LogP contribution >= 0.6 is 11.3 Å². The molecule has 2 aromatic carbocycles. The number of amides is 2. The van der Waals surface area contributed by atoms with Crippen LogP contribution in [0.4, 0.5) is 4.39 Å². The van der Waals surface area contributed by atoms with E-state index in [-0.39, 0.29) is 24.2 Å². The van der Waals surface area contributed by atoms with Gasteiger partial charge in [-0.25, -0.2) is 4.39 Å². The summed E-state index contributed by atoms with van der Waals surface area (Å²) in [7, 11) is 1.66. The smallest absolute Gasteiger partial charge is 0.262 e. The topological polar surface area (TPSA) is 49.4 Å². The van der Waals surface area contributed by atoms with E-state index in [0.717, 1.165) is 5.56 Å². The summed E-state index contributed by atoms with van der Waals surface area (Å²) in [6, 6.07) is 18.5. The van der Waals surface area contributed by atoms with E-state index >= 15 is 0 Å². The molecule has 0 radical (unpaired) electrons. The number of nitrogens with zero attached hydrogens (tertiary/aromatic N) is 1. The predicted octanol–water partition coefficient (Wildman–Crippen LogP) is 3.89. The van der Waals surface area contributed by atoms with Crippen LogP contribution in [0.1, 0.15) is 20.8 Å². The molecule has 0 spiro atoms. The van der Waals surface area contributed by atoms with Gasteiger partial charge in [-0.1, -0.05) is 48.5 Å². The van der Waals surface area contributed by atoms with Crippen molar-refractivity contribution in [1.82, 2.24) is 10.2 Å². The Bertz CT molecular complexity index is 929. The highest BCUT2D eigenvalue weighted by atomic mass is 32.1. The number of nitrogens with one attached hydrogen (secondary N) is 1. The number of carbonyl (C=O) groups is 2. The van der Waals surface area contributed by atoms with Crippen molar-refractivity contribution in [2.75, 3.05) is 7.05 Å². The van der Waals surface area contributed by atoms with Crippen LogP contribution in [0.15, 0.2) is 72.1 Å². The van der Waals surface area contributed by atoms with Crippen LogP contribution in [0.25, 0.3) is 0 Å². The summed E-state index contributed by atoms with van der Waals surface area (Å²) in [6.45, 7) is 0.261. The second-order valence-electron chi connectivity index (χ2n) is 6.52. The predicted molar refractivity (Wildman–Crippen MR) is 109 cm³/mol. The van der Waals surface area contributed by atoms with E-state index < -0.39 is 6.04 Å². The highest BCUT2D eigenvalue weighted by Gasteiger charge is 2.25. The average Bonchev–Trinajstić information content (AvgIpc) is 3.22. The number of halogens is 1. The van der Waals surface area contributed by atoms with E-state index in [1.54, 1.807) is 31.3 Å². The molecule has 1 heterocycles. The zero-order valence-electron chi connectivity index (χ0n) is 15.5. The number of hydrogen-bond donors (Lipinski definition) is 1. The van der Waals surface area contributed by atoms with Crippen molar-refractivity contribution in [1.29, 1.82) is 0 Å². The molecule has 1 atom stereocenters. The molecule has 0 unspecified atom stereocenters. The fourth-order valence-electron chi connectivity index (χ4n) is 2.94. The second-order valence-corrected chi connectivity index (χ2v) is 7.46. The number of hydrogen-bond acceptors (Lipinski definition) is 3. The van der Waals surface area contributed by atoms with Crippen LogP contribution in [0.2, 0.25) is 0 Å². The summed E-state index contributed by atoms with van der Waals surface area (Å²) >= 11 is 1.33. The lowest BCUT2D eigenvalue weighted by atomic mass is 10.0. The lowest BCUT2D eigenvalue weighted by Gasteiger charge is -2.25. The zero-order chi connectivity index (χ0) is 19.9. The molecule has 28 heavy (non-hydrogen) atoms. The van der Waals surface area contributed by atoms with E-state index in [1.165, 1.54) is 28.4 Å². The minimum atomic E-state index is -0.712. The van der Waals surface area contributed by atoms with Crippen molar-refractivity contribution < 1.29 is 14.0 Å². The SMILES string of the molecule is CN(Cc1cccc(F)c1)C(=O)[C@H](Cc1ccccc1)NC(=O)c1cccs1. The molecule has 0 aliphatic rings. The highest BCUT2D eigenvalue weighted by Crippen LogP contribution is 2.13. The van der Waals surface area contributed by atoms with Crippen LogP contribution in [0.5, 0.6) is 0 Å². The summed E-state index contributed by atoms with van der Waals surface area (Å²) in [5.41, 5.74) is 1.64. The molecule has 4 nitrogen and oxygen atoms in total. The molecule has 3 rings (SSSR count). The molecule has 0 aliphatic carbocycles. The molecule has 144 valence electrons. The molecule has 1 aromatic heterocycles. The summed E-state index contributed by atoms with van der Waals surface area (Å²) in [4.78, 5) is 27.6. The van der Waals surface area contributed by atoms with Crippen LogP contribution in [0.3, 0.4) is 0 Å². The van der Waals surface area contributed by atoms with Gasteiger partial charge in [0.1, 0.15) is 11.9 Å². The van der Waals surface area contributed by atoms with E-state index in [2.05, 4.69) is 5.32 Å². The molecule has 6 heteroatoms. The third-order valence-electron chi connectivity index (χ3n) is 4.32. The fraction of sp³-hybridized carbons (Fsp3) is 0.182. The Morgan fingerprint density at radius 2 is 1.79 bits per heavy atom. The van der Waals surface area contributed by atoms with Gasteiger partial charge in [-0.05, 0) is 34.7 Å². The largest absolute Gasteiger partial charge is 0.340 e. The van der Waals surface area contributed by atoms with Crippen molar-refractivity contribution in [3.63, 3.8) is 0 Å². The Morgan fingerprint density at radius 3 is 2.46 bits per heavy atom. The monoisotopic (exact) mass is 396 g/mol. The Morgan fingerprint density at radius 1 is 1.04 bits per heavy atom. The minimum absolute atomic E-state index is 0.224. The fourth-order valence-corrected chi connectivity index (χ4v) is 3.57. The Kier molecular flexibility index (Phi) is 6.55. The first-order valence-corrected chi connectivity index (χ1v) is 9.78. The molecule has 0 bridgehead atoms. The van der Waals surface area contributed by atoms with Crippen molar-refractivity contribution in [3.8, 4) is 0 Å².